The lowest BCUT2D eigenvalue weighted by Crippen LogP contribution is -2.26. The van der Waals surface area contributed by atoms with Crippen LogP contribution in [-0.2, 0) is 18.6 Å². The van der Waals surface area contributed by atoms with Gasteiger partial charge in [0, 0.05) is 22.4 Å². The minimum atomic E-state index is 0.0467. The summed E-state index contributed by atoms with van der Waals surface area (Å²) in [5, 5.41) is 4.27. The molecule has 2 aromatic heterocycles. The normalized spacial score (nSPS) is 13.9. The number of nitrogens with zero attached hydrogens (tertiary/aromatic N) is 2. The Hall–Kier alpha value is -1.79. The van der Waals surface area contributed by atoms with E-state index in [1.165, 1.54) is 28.8 Å². The summed E-state index contributed by atoms with van der Waals surface area (Å²) in [6.45, 7) is 4.09. The molecular formula is C21H25N3OS2. The molecule has 0 saturated carbocycles. The fraction of sp³-hybridized carbons (Fsp3) is 0.429. The zero-order valence-corrected chi connectivity index (χ0v) is 17.7. The van der Waals surface area contributed by atoms with Crippen molar-refractivity contribution < 1.29 is 0 Å². The fourth-order valence-electron chi connectivity index (χ4n) is 3.82. The first-order chi connectivity index (χ1) is 13.1. The second-order valence-electron chi connectivity index (χ2n) is 7.35. The van der Waals surface area contributed by atoms with Crippen LogP contribution >= 0.6 is 23.1 Å². The molecule has 1 N–H and O–H groups in total. The van der Waals surface area contributed by atoms with Gasteiger partial charge in [-0.1, -0.05) is 12.1 Å². The number of aromatic nitrogens is 2. The highest BCUT2D eigenvalue weighted by Crippen LogP contribution is 2.35. The number of anilines is 2. The van der Waals surface area contributed by atoms with Gasteiger partial charge in [-0.05, 0) is 69.0 Å². The van der Waals surface area contributed by atoms with E-state index in [9.17, 15) is 4.79 Å². The van der Waals surface area contributed by atoms with E-state index in [1.807, 2.05) is 30.5 Å². The molecule has 0 fully saturated rings. The van der Waals surface area contributed by atoms with Crippen LogP contribution in [0.25, 0.3) is 10.2 Å². The first kappa shape index (κ1) is 18.6. The maximum Gasteiger partial charge on any atom is 0.264 e. The van der Waals surface area contributed by atoms with Crippen LogP contribution in [0.5, 0.6) is 0 Å². The van der Waals surface area contributed by atoms with Gasteiger partial charge in [-0.15, -0.1) is 11.3 Å². The summed E-state index contributed by atoms with van der Waals surface area (Å²) in [6, 6.07) is 8.39. The number of aryl methyl sites for hydroxylation is 2. The summed E-state index contributed by atoms with van der Waals surface area (Å²) in [7, 11) is 0. The van der Waals surface area contributed by atoms with Gasteiger partial charge in [-0.25, -0.2) is 4.98 Å². The number of benzene rings is 1. The Labute approximate surface area is 168 Å². The number of hydrogen-bond donors (Lipinski definition) is 1. The van der Waals surface area contributed by atoms with Crippen LogP contribution in [0.2, 0.25) is 0 Å². The molecule has 6 heteroatoms. The van der Waals surface area contributed by atoms with Crippen LogP contribution in [0.4, 0.5) is 11.6 Å². The summed E-state index contributed by atoms with van der Waals surface area (Å²) in [4.78, 5) is 20.5. The van der Waals surface area contributed by atoms with Gasteiger partial charge in [0.15, 0.2) is 0 Å². The molecule has 4 nitrogen and oxygen atoms in total. The Morgan fingerprint density at radius 2 is 2.11 bits per heavy atom. The zero-order chi connectivity index (χ0) is 19.0. The van der Waals surface area contributed by atoms with Gasteiger partial charge in [0.05, 0.1) is 5.39 Å². The molecule has 1 aliphatic carbocycles. The number of thiophene rings is 1. The van der Waals surface area contributed by atoms with Crippen molar-refractivity contribution in [1.29, 1.82) is 0 Å². The van der Waals surface area contributed by atoms with Crippen molar-refractivity contribution in [2.45, 2.75) is 51.3 Å². The zero-order valence-electron chi connectivity index (χ0n) is 16.0. The van der Waals surface area contributed by atoms with Crippen LogP contribution < -0.4 is 10.9 Å². The third kappa shape index (κ3) is 3.52. The first-order valence-electron chi connectivity index (χ1n) is 9.50. The van der Waals surface area contributed by atoms with Crippen molar-refractivity contribution in [2.75, 3.05) is 11.6 Å². The smallest absolute Gasteiger partial charge is 0.264 e. The Morgan fingerprint density at radius 1 is 1.30 bits per heavy atom. The van der Waals surface area contributed by atoms with E-state index in [1.54, 1.807) is 23.1 Å². The number of hydrogen-bond acceptors (Lipinski definition) is 5. The molecule has 0 saturated heterocycles. The van der Waals surface area contributed by atoms with Gasteiger partial charge in [0.1, 0.15) is 4.83 Å². The average Bonchev–Trinajstić information content (AvgIpc) is 3.00. The topological polar surface area (TPSA) is 46.9 Å². The molecule has 2 heterocycles. The summed E-state index contributed by atoms with van der Waals surface area (Å²) in [5.74, 6) is 1.61. The Balaban J connectivity index is 1.83. The lowest BCUT2D eigenvalue weighted by Gasteiger charge is -2.17. The molecule has 27 heavy (non-hydrogen) atoms. The number of rotatable bonds is 5. The highest BCUT2D eigenvalue weighted by atomic mass is 32.2. The monoisotopic (exact) mass is 399 g/mol. The summed E-state index contributed by atoms with van der Waals surface area (Å²) in [5.41, 5.74) is 3.58. The quantitative estimate of drug-likeness (QED) is 0.613. The molecule has 0 amide bonds. The van der Waals surface area contributed by atoms with Gasteiger partial charge >= 0.3 is 0 Å². The molecule has 0 unspecified atom stereocenters. The molecule has 3 aromatic rings. The van der Waals surface area contributed by atoms with E-state index < -0.39 is 0 Å². The minimum Gasteiger partial charge on any atom is -0.325 e. The average molecular weight is 400 g/mol. The summed E-state index contributed by atoms with van der Waals surface area (Å²) >= 11 is 3.50. The minimum absolute atomic E-state index is 0.0467. The fourth-order valence-corrected chi connectivity index (χ4v) is 5.58. The Morgan fingerprint density at radius 3 is 2.89 bits per heavy atom. The molecule has 0 radical (unpaired) electrons. The predicted molar refractivity (Wildman–Crippen MR) is 118 cm³/mol. The first-order valence-corrected chi connectivity index (χ1v) is 11.7. The standard InChI is InChI=1S/C21H25N3OS2/c1-13(2)24-20(25)18-16-9-4-5-10-17(16)27-19(18)23-21(24)22-15-8-6-7-14(11-15)12-26-3/h6-8,11,13H,4-5,9-10,12H2,1-3H3,(H,22,23). The molecule has 142 valence electrons. The van der Waals surface area contributed by atoms with Crippen LogP contribution in [0.1, 0.15) is 48.7 Å². The highest BCUT2D eigenvalue weighted by Gasteiger charge is 2.23. The van der Waals surface area contributed by atoms with Crippen LogP contribution in [0, 0.1) is 0 Å². The van der Waals surface area contributed by atoms with Crippen molar-refractivity contribution in [3.8, 4) is 0 Å². The maximum atomic E-state index is 13.4. The maximum absolute atomic E-state index is 13.4. The van der Waals surface area contributed by atoms with E-state index in [2.05, 4.69) is 23.7 Å². The summed E-state index contributed by atoms with van der Waals surface area (Å²) < 4.78 is 1.81. The van der Waals surface area contributed by atoms with E-state index in [0.29, 0.717) is 5.95 Å². The van der Waals surface area contributed by atoms with Crippen molar-refractivity contribution in [1.82, 2.24) is 9.55 Å². The molecule has 0 atom stereocenters. The van der Waals surface area contributed by atoms with E-state index >= 15 is 0 Å². The van der Waals surface area contributed by atoms with Crippen molar-refractivity contribution >= 4 is 45.0 Å². The van der Waals surface area contributed by atoms with E-state index in [4.69, 9.17) is 4.98 Å². The predicted octanol–water partition coefficient (Wildman–Crippen LogP) is 5.52. The van der Waals surface area contributed by atoms with Gasteiger partial charge < -0.3 is 5.32 Å². The molecule has 1 aliphatic rings. The van der Waals surface area contributed by atoms with Crippen LogP contribution in [0.15, 0.2) is 29.1 Å². The lowest BCUT2D eigenvalue weighted by molar-refractivity contribution is 0.582. The molecule has 1 aromatic carbocycles. The van der Waals surface area contributed by atoms with Gasteiger partial charge in [0.2, 0.25) is 5.95 Å². The van der Waals surface area contributed by atoms with Gasteiger partial charge in [-0.3, -0.25) is 9.36 Å². The number of nitrogens with one attached hydrogen (secondary N) is 1. The van der Waals surface area contributed by atoms with Gasteiger partial charge in [-0.2, -0.15) is 11.8 Å². The third-order valence-electron chi connectivity index (χ3n) is 5.03. The van der Waals surface area contributed by atoms with Crippen molar-refractivity contribution in [2.24, 2.45) is 0 Å². The van der Waals surface area contributed by atoms with E-state index in [-0.39, 0.29) is 11.6 Å². The second kappa shape index (κ2) is 7.68. The molecular weight excluding hydrogens is 374 g/mol. The SMILES string of the molecule is CSCc1cccc(Nc2nc3sc4c(c3c(=O)n2C(C)C)CCCC4)c1. The molecule has 0 aliphatic heterocycles. The molecule has 4 rings (SSSR count). The second-order valence-corrected chi connectivity index (χ2v) is 9.30. The van der Waals surface area contributed by atoms with Crippen molar-refractivity contribution in [3.05, 3.63) is 50.6 Å². The van der Waals surface area contributed by atoms with Gasteiger partial charge in [0.25, 0.3) is 5.56 Å². The van der Waals surface area contributed by atoms with E-state index in [0.717, 1.165) is 34.5 Å². The summed E-state index contributed by atoms with van der Waals surface area (Å²) in [6.07, 6.45) is 6.57. The lowest BCUT2D eigenvalue weighted by atomic mass is 9.97. The molecule has 0 spiro atoms. The highest BCUT2D eigenvalue weighted by molar-refractivity contribution is 7.97. The number of thioether (sulfide) groups is 1. The van der Waals surface area contributed by atoms with Crippen LogP contribution in [0.3, 0.4) is 0 Å². The Bertz CT molecular complexity index is 1040. The van der Waals surface area contributed by atoms with Crippen LogP contribution in [-0.4, -0.2) is 15.8 Å². The largest absolute Gasteiger partial charge is 0.325 e. The van der Waals surface area contributed by atoms with Crippen molar-refractivity contribution in [3.63, 3.8) is 0 Å². The third-order valence-corrected chi connectivity index (χ3v) is 6.84. The number of fused-ring (bicyclic) bond motifs is 3. The Kier molecular flexibility index (Phi) is 5.28. The molecule has 0 bridgehead atoms.